The van der Waals surface area contributed by atoms with E-state index in [1.165, 1.54) is 35.4 Å². The maximum atomic E-state index is 15.9. The van der Waals surface area contributed by atoms with E-state index in [1.807, 2.05) is 34.7 Å². The SMILES string of the molecule is COCCOC(=O)OCOc1c2n(ccc1=O)N(C1c3ccccc3-c3sccc3-c3c1ccc(F)c3F)C1COCCN1C2=O. The summed E-state index contributed by atoms with van der Waals surface area (Å²) < 4.78 is 58.4. The summed E-state index contributed by atoms with van der Waals surface area (Å²) in [6, 6.07) is 12.4. The predicted octanol–water partition coefficient (Wildman–Crippen LogP) is 4.51. The van der Waals surface area contributed by atoms with Gasteiger partial charge in [0.25, 0.3) is 5.91 Å². The predicted molar refractivity (Wildman–Crippen MR) is 161 cm³/mol. The summed E-state index contributed by atoms with van der Waals surface area (Å²) in [7, 11) is 1.45. The van der Waals surface area contributed by atoms with Gasteiger partial charge in [-0.1, -0.05) is 30.3 Å². The Morgan fingerprint density at radius 1 is 1.02 bits per heavy atom. The first-order valence-corrected chi connectivity index (χ1v) is 15.3. The number of carbonyl (C=O) groups is 2. The first-order valence-electron chi connectivity index (χ1n) is 14.4. The molecular weight excluding hydrogens is 624 g/mol. The molecule has 0 bridgehead atoms. The van der Waals surface area contributed by atoms with Crippen LogP contribution >= 0.6 is 11.3 Å². The van der Waals surface area contributed by atoms with Gasteiger partial charge in [-0.3, -0.25) is 19.3 Å². The minimum absolute atomic E-state index is 0.0496. The molecule has 2 aliphatic heterocycles. The lowest BCUT2D eigenvalue weighted by Gasteiger charge is -2.51. The summed E-state index contributed by atoms with van der Waals surface area (Å²) >= 11 is 1.42. The molecule has 1 amide bonds. The van der Waals surface area contributed by atoms with Gasteiger partial charge >= 0.3 is 6.16 Å². The average molecular weight is 652 g/mol. The number of methoxy groups -OCH3 is 1. The second kappa shape index (κ2) is 12.2. The third-order valence-electron chi connectivity index (χ3n) is 8.16. The molecule has 4 aromatic rings. The zero-order chi connectivity index (χ0) is 31.9. The minimum atomic E-state index is -1.04. The number of carbonyl (C=O) groups excluding carboxylic acids is 2. The number of aromatic nitrogens is 1. The van der Waals surface area contributed by atoms with E-state index < -0.39 is 48.1 Å². The van der Waals surface area contributed by atoms with E-state index in [0.717, 1.165) is 22.1 Å². The number of hydrogen-bond donors (Lipinski definition) is 0. The van der Waals surface area contributed by atoms with Gasteiger partial charge in [0.2, 0.25) is 18.0 Å². The minimum Gasteiger partial charge on any atom is -0.451 e. The summed E-state index contributed by atoms with van der Waals surface area (Å²) in [5.41, 5.74) is 1.95. The number of benzene rings is 2. The molecule has 1 fully saturated rings. The molecule has 14 heteroatoms. The van der Waals surface area contributed by atoms with Crippen LogP contribution in [0.4, 0.5) is 13.6 Å². The molecule has 238 valence electrons. The number of morpholine rings is 1. The Labute approximate surface area is 265 Å². The standard InChI is InChI=1S/C32H27F2N3O8S/c1-41-13-14-43-32(40)45-17-44-29-23(38)8-10-36-28(29)31(39)35-11-12-42-16-24(35)37(36)27-18-4-2-3-5-19(18)30-21(9-15-46-30)25-20(27)6-7-22(33)26(25)34/h2-10,15,24,27H,11-14,16-17H2,1H3. The van der Waals surface area contributed by atoms with Crippen LogP contribution in [0.15, 0.2) is 64.9 Å². The summed E-state index contributed by atoms with van der Waals surface area (Å²) in [6.07, 6.45) is -0.306. The van der Waals surface area contributed by atoms with Crippen molar-refractivity contribution in [2.24, 2.45) is 0 Å². The Bertz CT molecular complexity index is 1900. The van der Waals surface area contributed by atoms with E-state index >= 15 is 4.39 Å². The van der Waals surface area contributed by atoms with Crippen molar-refractivity contribution in [1.29, 1.82) is 0 Å². The van der Waals surface area contributed by atoms with E-state index in [-0.39, 0.29) is 50.0 Å². The highest BCUT2D eigenvalue weighted by Gasteiger charge is 2.47. The van der Waals surface area contributed by atoms with Gasteiger partial charge in [-0.25, -0.2) is 13.6 Å². The maximum Gasteiger partial charge on any atom is 0.511 e. The van der Waals surface area contributed by atoms with E-state index in [9.17, 15) is 18.8 Å². The molecule has 2 unspecified atom stereocenters. The van der Waals surface area contributed by atoms with Gasteiger partial charge in [-0.2, -0.15) is 0 Å². The first-order chi connectivity index (χ1) is 22.4. The Hall–Kier alpha value is -4.79. The summed E-state index contributed by atoms with van der Waals surface area (Å²) in [4.78, 5) is 41.6. The molecule has 0 N–H and O–H groups in total. The Morgan fingerprint density at radius 3 is 2.72 bits per heavy atom. The monoisotopic (exact) mass is 651 g/mol. The van der Waals surface area contributed by atoms with Gasteiger partial charge in [0.1, 0.15) is 12.8 Å². The van der Waals surface area contributed by atoms with Crippen LogP contribution in [0.1, 0.15) is 27.7 Å². The van der Waals surface area contributed by atoms with Crippen molar-refractivity contribution in [2.45, 2.75) is 12.2 Å². The van der Waals surface area contributed by atoms with Crippen LogP contribution in [0.2, 0.25) is 0 Å². The number of hydrogen-bond acceptors (Lipinski definition) is 10. The Kier molecular flexibility index (Phi) is 7.92. The highest BCUT2D eigenvalue weighted by molar-refractivity contribution is 7.14. The fourth-order valence-electron chi connectivity index (χ4n) is 6.22. The molecule has 11 nitrogen and oxygen atoms in total. The molecule has 3 aliphatic rings. The van der Waals surface area contributed by atoms with Crippen LogP contribution in [0.3, 0.4) is 0 Å². The quantitative estimate of drug-likeness (QED) is 0.162. The molecule has 2 aromatic heterocycles. The average Bonchev–Trinajstić information content (AvgIpc) is 3.51. The van der Waals surface area contributed by atoms with Gasteiger partial charge in [-0.15, -0.1) is 11.3 Å². The number of ether oxygens (including phenoxy) is 5. The van der Waals surface area contributed by atoms with Crippen LogP contribution in [0, 0.1) is 11.6 Å². The molecule has 1 aliphatic carbocycles. The highest BCUT2D eigenvalue weighted by Crippen LogP contribution is 2.51. The number of thiophene rings is 1. The number of nitrogens with zero attached hydrogens (tertiary/aromatic N) is 3. The van der Waals surface area contributed by atoms with Crippen LogP contribution < -0.4 is 15.2 Å². The van der Waals surface area contributed by atoms with Crippen molar-refractivity contribution < 1.29 is 42.1 Å². The zero-order valence-corrected chi connectivity index (χ0v) is 25.3. The smallest absolute Gasteiger partial charge is 0.451 e. The third kappa shape index (κ3) is 4.89. The van der Waals surface area contributed by atoms with Gasteiger partial charge in [0.15, 0.2) is 17.3 Å². The molecule has 1 saturated heterocycles. The van der Waals surface area contributed by atoms with Crippen LogP contribution in [0.5, 0.6) is 5.75 Å². The van der Waals surface area contributed by atoms with Gasteiger partial charge in [-0.05, 0) is 34.2 Å². The summed E-state index contributed by atoms with van der Waals surface area (Å²) in [5, 5.41) is 3.67. The van der Waals surface area contributed by atoms with Crippen LogP contribution in [0.25, 0.3) is 21.6 Å². The van der Waals surface area contributed by atoms with Gasteiger partial charge < -0.3 is 28.6 Å². The molecule has 0 spiro atoms. The first kappa shape index (κ1) is 29.9. The molecule has 0 saturated carbocycles. The maximum absolute atomic E-state index is 15.9. The highest BCUT2D eigenvalue weighted by atomic mass is 32.1. The molecule has 2 atom stereocenters. The lowest BCUT2D eigenvalue weighted by molar-refractivity contribution is -0.0216. The van der Waals surface area contributed by atoms with Gasteiger partial charge in [0, 0.05) is 41.9 Å². The molecule has 0 radical (unpaired) electrons. The van der Waals surface area contributed by atoms with Crippen molar-refractivity contribution in [3.05, 3.63) is 98.8 Å². The molecule has 7 rings (SSSR count). The molecule has 4 heterocycles. The fourth-order valence-corrected chi connectivity index (χ4v) is 7.17. The topological polar surface area (TPSA) is 109 Å². The number of fused-ring (bicyclic) bond motifs is 7. The Balaban J connectivity index is 1.40. The lowest BCUT2D eigenvalue weighted by Crippen LogP contribution is -2.66. The normalized spacial score (nSPS) is 18.0. The van der Waals surface area contributed by atoms with Crippen LogP contribution in [-0.2, 0) is 18.9 Å². The molecule has 46 heavy (non-hydrogen) atoms. The molecule has 2 aromatic carbocycles. The number of rotatable bonds is 7. The summed E-state index contributed by atoms with van der Waals surface area (Å²) in [5.74, 6) is -2.83. The number of halogens is 2. The molecular formula is C32H27F2N3O8S. The van der Waals surface area contributed by atoms with Crippen molar-refractivity contribution >= 4 is 23.4 Å². The zero-order valence-electron chi connectivity index (χ0n) is 24.4. The van der Waals surface area contributed by atoms with E-state index in [4.69, 9.17) is 23.7 Å². The van der Waals surface area contributed by atoms with Crippen molar-refractivity contribution in [1.82, 2.24) is 9.58 Å². The Morgan fingerprint density at radius 2 is 1.87 bits per heavy atom. The van der Waals surface area contributed by atoms with Crippen molar-refractivity contribution in [3.63, 3.8) is 0 Å². The second-order valence-corrected chi connectivity index (χ2v) is 11.5. The number of amides is 1. The van der Waals surface area contributed by atoms with Gasteiger partial charge in [0.05, 0.1) is 25.9 Å². The fraction of sp³-hybridized carbons (Fsp3) is 0.281. The summed E-state index contributed by atoms with van der Waals surface area (Å²) in [6.45, 7) is -0.0645. The van der Waals surface area contributed by atoms with Crippen molar-refractivity contribution in [2.75, 3.05) is 51.9 Å². The largest absolute Gasteiger partial charge is 0.511 e. The van der Waals surface area contributed by atoms with E-state index in [2.05, 4.69) is 0 Å². The van der Waals surface area contributed by atoms with Crippen molar-refractivity contribution in [3.8, 4) is 27.3 Å². The second-order valence-electron chi connectivity index (χ2n) is 10.6. The number of pyridine rings is 1. The van der Waals surface area contributed by atoms with E-state index in [0.29, 0.717) is 11.1 Å². The lowest BCUT2D eigenvalue weighted by atomic mass is 9.92. The van der Waals surface area contributed by atoms with Crippen LogP contribution in [-0.4, -0.2) is 74.7 Å². The third-order valence-corrected chi connectivity index (χ3v) is 9.11. The van der Waals surface area contributed by atoms with E-state index in [1.54, 1.807) is 17.0 Å².